The van der Waals surface area contributed by atoms with Crippen LogP contribution in [0.1, 0.15) is 15.9 Å². The first-order chi connectivity index (χ1) is 8.52. The molecule has 1 heterocycles. The van der Waals surface area contributed by atoms with Gasteiger partial charge in [0.1, 0.15) is 5.75 Å². The number of methoxy groups -OCH3 is 1. The van der Waals surface area contributed by atoms with E-state index in [9.17, 15) is 4.79 Å². The van der Waals surface area contributed by atoms with Crippen LogP contribution in [0.15, 0.2) is 36.3 Å². The molecule has 0 bridgehead atoms. The molecule has 0 aliphatic rings. The highest BCUT2D eigenvalue weighted by Gasteiger charge is 2.19. The molecule has 94 valence electrons. The Morgan fingerprint density at radius 1 is 1.17 bits per heavy atom. The van der Waals surface area contributed by atoms with Gasteiger partial charge in [0.05, 0.1) is 20.2 Å². The van der Waals surface area contributed by atoms with E-state index in [0.717, 1.165) is 12.0 Å². The third-order valence-electron chi connectivity index (χ3n) is 2.31. The molecule has 0 fully saturated rings. The van der Waals surface area contributed by atoms with Gasteiger partial charge in [-0.15, -0.1) is 11.3 Å². The molecule has 0 aliphatic heterocycles. The standard InChI is InChI=1S/C12H7Br3O2S/c1-17-9-3-2-6(13)4-7(9)11(16)8-5-10(14)18-12(8)15/h2-5H,1H3. The number of thiophene rings is 1. The Morgan fingerprint density at radius 2 is 1.89 bits per heavy atom. The highest BCUT2D eigenvalue weighted by molar-refractivity contribution is 9.12. The zero-order valence-corrected chi connectivity index (χ0v) is 14.7. The van der Waals surface area contributed by atoms with Crippen LogP contribution in [0.3, 0.4) is 0 Å². The first-order valence-corrected chi connectivity index (χ1v) is 8.05. The molecule has 0 amide bonds. The topological polar surface area (TPSA) is 26.3 Å². The van der Waals surface area contributed by atoms with Crippen molar-refractivity contribution in [2.75, 3.05) is 7.11 Å². The van der Waals surface area contributed by atoms with Gasteiger partial charge in [0.25, 0.3) is 0 Å². The second kappa shape index (κ2) is 5.86. The lowest BCUT2D eigenvalue weighted by atomic mass is 10.1. The van der Waals surface area contributed by atoms with Crippen LogP contribution in [-0.4, -0.2) is 12.9 Å². The summed E-state index contributed by atoms with van der Waals surface area (Å²) in [6.45, 7) is 0. The Labute approximate surface area is 134 Å². The van der Waals surface area contributed by atoms with E-state index in [-0.39, 0.29) is 5.78 Å². The molecule has 18 heavy (non-hydrogen) atoms. The van der Waals surface area contributed by atoms with E-state index in [1.165, 1.54) is 11.3 Å². The van der Waals surface area contributed by atoms with Crippen molar-refractivity contribution in [2.45, 2.75) is 0 Å². The Morgan fingerprint density at radius 3 is 2.44 bits per heavy atom. The molecule has 1 aromatic heterocycles. The number of ketones is 1. The Kier molecular flexibility index (Phi) is 4.64. The molecule has 2 aromatic rings. The van der Waals surface area contributed by atoms with Crippen molar-refractivity contribution in [3.63, 3.8) is 0 Å². The minimum atomic E-state index is -0.0676. The van der Waals surface area contributed by atoms with Crippen LogP contribution in [0.25, 0.3) is 0 Å². The van der Waals surface area contributed by atoms with Gasteiger partial charge in [-0.3, -0.25) is 4.79 Å². The Bertz CT molecular complexity index is 607. The van der Waals surface area contributed by atoms with Crippen LogP contribution in [0.2, 0.25) is 0 Å². The maximum atomic E-state index is 12.5. The summed E-state index contributed by atoms with van der Waals surface area (Å²) >= 11 is 11.6. The first kappa shape index (κ1) is 14.2. The molecule has 0 N–H and O–H groups in total. The van der Waals surface area contributed by atoms with Gasteiger partial charge in [-0.25, -0.2) is 0 Å². The third-order valence-corrected chi connectivity index (χ3v) is 5.14. The zero-order chi connectivity index (χ0) is 13.3. The molecular weight excluding hydrogens is 448 g/mol. The van der Waals surface area contributed by atoms with Crippen LogP contribution in [0.5, 0.6) is 5.75 Å². The lowest BCUT2D eigenvalue weighted by Crippen LogP contribution is -2.03. The molecule has 0 spiro atoms. The van der Waals surface area contributed by atoms with E-state index < -0.39 is 0 Å². The predicted octanol–water partition coefficient (Wildman–Crippen LogP) is 5.28. The van der Waals surface area contributed by atoms with Gasteiger partial charge in [-0.05, 0) is 56.1 Å². The van der Waals surface area contributed by atoms with Crippen molar-refractivity contribution in [2.24, 2.45) is 0 Å². The molecule has 2 rings (SSSR count). The molecule has 0 saturated carbocycles. The molecule has 0 radical (unpaired) electrons. The van der Waals surface area contributed by atoms with Gasteiger partial charge >= 0.3 is 0 Å². The monoisotopic (exact) mass is 452 g/mol. The van der Waals surface area contributed by atoms with Crippen LogP contribution >= 0.6 is 59.1 Å². The molecule has 0 saturated heterocycles. The van der Waals surface area contributed by atoms with Gasteiger partial charge in [-0.2, -0.15) is 0 Å². The van der Waals surface area contributed by atoms with Crippen LogP contribution in [0, 0.1) is 0 Å². The van der Waals surface area contributed by atoms with Crippen molar-refractivity contribution in [1.29, 1.82) is 0 Å². The van der Waals surface area contributed by atoms with Gasteiger partial charge in [0.15, 0.2) is 5.78 Å². The van der Waals surface area contributed by atoms with E-state index in [0.29, 0.717) is 16.9 Å². The van der Waals surface area contributed by atoms with Gasteiger partial charge in [-0.1, -0.05) is 15.9 Å². The van der Waals surface area contributed by atoms with Crippen molar-refractivity contribution in [3.05, 3.63) is 47.4 Å². The minimum absolute atomic E-state index is 0.0676. The number of halogens is 3. The van der Waals surface area contributed by atoms with Crippen molar-refractivity contribution < 1.29 is 9.53 Å². The first-order valence-electron chi connectivity index (χ1n) is 4.86. The van der Waals surface area contributed by atoms with E-state index in [1.807, 2.05) is 6.07 Å². The second-order valence-electron chi connectivity index (χ2n) is 3.41. The van der Waals surface area contributed by atoms with E-state index >= 15 is 0 Å². The average molecular weight is 455 g/mol. The number of ether oxygens (including phenoxy) is 1. The van der Waals surface area contributed by atoms with Gasteiger partial charge < -0.3 is 4.74 Å². The fourth-order valence-corrected chi connectivity index (χ4v) is 4.65. The Balaban J connectivity index is 2.51. The largest absolute Gasteiger partial charge is 0.496 e. The van der Waals surface area contributed by atoms with E-state index in [2.05, 4.69) is 47.8 Å². The summed E-state index contributed by atoms with van der Waals surface area (Å²) in [5.41, 5.74) is 1.17. The normalized spacial score (nSPS) is 10.4. The molecule has 0 atom stereocenters. The van der Waals surface area contributed by atoms with Crippen LogP contribution in [0.4, 0.5) is 0 Å². The number of benzene rings is 1. The summed E-state index contributed by atoms with van der Waals surface area (Å²) in [5.74, 6) is 0.499. The van der Waals surface area contributed by atoms with Crippen molar-refractivity contribution in [3.8, 4) is 5.75 Å². The molecule has 0 aliphatic carbocycles. The molecule has 2 nitrogen and oxygen atoms in total. The summed E-state index contributed by atoms with van der Waals surface area (Å²) in [6, 6.07) is 7.18. The second-order valence-corrected chi connectivity index (χ2v) is 8.08. The number of carbonyl (C=O) groups excluding carboxylic acids is 1. The molecule has 6 heteroatoms. The smallest absolute Gasteiger partial charge is 0.198 e. The lowest BCUT2D eigenvalue weighted by molar-refractivity contribution is 0.103. The maximum absolute atomic E-state index is 12.5. The summed E-state index contributed by atoms with van der Waals surface area (Å²) in [5, 5.41) is 0. The van der Waals surface area contributed by atoms with Crippen molar-refractivity contribution >= 4 is 64.9 Å². The van der Waals surface area contributed by atoms with Crippen LogP contribution in [-0.2, 0) is 0 Å². The number of hydrogen-bond donors (Lipinski definition) is 0. The molecule has 0 unspecified atom stereocenters. The Hall–Kier alpha value is -0.170. The maximum Gasteiger partial charge on any atom is 0.198 e. The summed E-state index contributed by atoms with van der Waals surface area (Å²) in [7, 11) is 1.55. The fraction of sp³-hybridized carbons (Fsp3) is 0.0833. The SMILES string of the molecule is COc1ccc(Br)cc1C(=O)c1cc(Br)sc1Br. The highest BCUT2D eigenvalue weighted by atomic mass is 79.9. The number of rotatable bonds is 3. The predicted molar refractivity (Wildman–Crippen MR) is 83.8 cm³/mol. The zero-order valence-electron chi connectivity index (χ0n) is 9.17. The summed E-state index contributed by atoms with van der Waals surface area (Å²) < 4.78 is 7.78. The highest BCUT2D eigenvalue weighted by Crippen LogP contribution is 2.35. The molecule has 1 aromatic carbocycles. The number of carbonyl (C=O) groups is 1. The summed E-state index contributed by atoms with van der Waals surface area (Å²) in [6.07, 6.45) is 0. The van der Waals surface area contributed by atoms with Gasteiger partial charge in [0, 0.05) is 10.0 Å². The summed E-state index contributed by atoms with van der Waals surface area (Å²) in [4.78, 5) is 12.5. The quantitative estimate of drug-likeness (QED) is 0.590. The van der Waals surface area contributed by atoms with Crippen LogP contribution < -0.4 is 4.74 Å². The van der Waals surface area contributed by atoms with E-state index in [4.69, 9.17) is 4.74 Å². The molecular formula is C12H7Br3O2S. The number of hydrogen-bond acceptors (Lipinski definition) is 3. The lowest BCUT2D eigenvalue weighted by Gasteiger charge is -2.07. The van der Waals surface area contributed by atoms with Gasteiger partial charge in [0.2, 0.25) is 0 Å². The third kappa shape index (κ3) is 2.87. The minimum Gasteiger partial charge on any atom is -0.496 e. The average Bonchev–Trinajstić information content (AvgIpc) is 2.67. The van der Waals surface area contributed by atoms with Crippen molar-refractivity contribution in [1.82, 2.24) is 0 Å². The fourth-order valence-electron chi connectivity index (χ4n) is 1.50. The van der Waals surface area contributed by atoms with E-state index in [1.54, 1.807) is 25.3 Å².